The number of carbonyl (C=O) groups is 1. The van der Waals surface area contributed by atoms with E-state index >= 15 is 0 Å². The predicted molar refractivity (Wildman–Crippen MR) is 48.8 cm³/mol. The maximum Gasteiger partial charge on any atom is 0.337 e. The molecule has 0 aliphatic rings. The summed E-state index contributed by atoms with van der Waals surface area (Å²) in [5.41, 5.74) is 6.31. The van der Waals surface area contributed by atoms with Crippen molar-refractivity contribution in [3.63, 3.8) is 0 Å². The van der Waals surface area contributed by atoms with Crippen molar-refractivity contribution in [3.05, 3.63) is 35.4 Å². The van der Waals surface area contributed by atoms with Crippen LogP contribution >= 0.6 is 0 Å². The zero-order valence-electron chi connectivity index (χ0n) is 7.65. The molecule has 14 heavy (non-hydrogen) atoms. The van der Waals surface area contributed by atoms with Crippen LogP contribution in [0.15, 0.2) is 24.3 Å². The third-order valence-corrected chi connectivity index (χ3v) is 1.72. The van der Waals surface area contributed by atoms with Crippen LogP contribution in [0.25, 0.3) is 0 Å². The summed E-state index contributed by atoms with van der Waals surface area (Å²) in [5, 5.41) is 10.4. The number of rotatable bonds is 2. The number of amidine groups is 1. The van der Waals surface area contributed by atoms with Crippen LogP contribution in [0.1, 0.15) is 15.9 Å². The van der Waals surface area contributed by atoms with E-state index in [0.717, 1.165) is 0 Å². The minimum Gasteiger partial charge on any atom is -0.465 e. The maximum atomic E-state index is 11.1. The van der Waals surface area contributed by atoms with Gasteiger partial charge in [0.15, 0.2) is 0 Å². The number of nitrogen functional groups attached to an aromatic ring is 1. The summed E-state index contributed by atoms with van der Waals surface area (Å²) in [4.78, 5) is 11.1. The van der Waals surface area contributed by atoms with Crippen LogP contribution in [-0.2, 0) is 4.74 Å². The van der Waals surface area contributed by atoms with Crippen LogP contribution in [0, 0.1) is 0 Å². The second-order valence-corrected chi connectivity index (χ2v) is 2.60. The van der Waals surface area contributed by atoms with Crippen molar-refractivity contribution in [3.8, 4) is 0 Å². The van der Waals surface area contributed by atoms with Gasteiger partial charge in [-0.15, -0.1) is 0 Å². The largest absolute Gasteiger partial charge is 0.465 e. The standard InChI is InChI=1S/C9H10N2O3/c1-14-9(12)7-4-2-3-6(5-7)8(10)11-13/h2-5,13H,1H3,(H2,10,11)/p+1. The zero-order valence-corrected chi connectivity index (χ0v) is 7.65. The SMILES string of the molecule is COC(=O)c1cccc(C(N)=[NH+]O)c1. The second-order valence-electron chi connectivity index (χ2n) is 2.60. The first-order chi connectivity index (χ1) is 6.69. The van der Waals surface area contributed by atoms with E-state index in [0.29, 0.717) is 11.1 Å². The molecule has 0 atom stereocenters. The summed E-state index contributed by atoms with van der Waals surface area (Å²) in [5.74, 6) is -0.367. The Balaban J connectivity index is 3.07. The molecule has 0 saturated carbocycles. The van der Waals surface area contributed by atoms with Gasteiger partial charge in [-0.3, -0.25) is 5.73 Å². The van der Waals surface area contributed by atoms with Crippen molar-refractivity contribution in [2.75, 3.05) is 7.11 Å². The van der Waals surface area contributed by atoms with E-state index in [2.05, 4.69) is 4.74 Å². The summed E-state index contributed by atoms with van der Waals surface area (Å²) >= 11 is 0. The lowest BCUT2D eigenvalue weighted by atomic mass is 10.1. The fourth-order valence-electron chi connectivity index (χ4n) is 0.996. The molecule has 0 heterocycles. The number of carbonyl (C=O) groups excluding carboxylic acids is 1. The van der Waals surface area contributed by atoms with Gasteiger partial charge in [0, 0.05) is 0 Å². The Kier molecular flexibility index (Phi) is 3.06. The smallest absolute Gasteiger partial charge is 0.337 e. The van der Waals surface area contributed by atoms with Crippen LogP contribution < -0.4 is 10.9 Å². The van der Waals surface area contributed by atoms with Gasteiger partial charge in [-0.05, 0) is 18.2 Å². The van der Waals surface area contributed by atoms with Crippen molar-refractivity contribution in [1.82, 2.24) is 0 Å². The highest BCUT2D eigenvalue weighted by Crippen LogP contribution is 2.04. The van der Waals surface area contributed by atoms with E-state index in [-0.39, 0.29) is 5.84 Å². The molecule has 0 aliphatic heterocycles. The van der Waals surface area contributed by atoms with E-state index in [4.69, 9.17) is 10.9 Å². The fourth-order valence-corrected chi connectivity index (χ4v) is 0.996. The second kappa shape index (κ2) is 4.27. The molecule has 74 valence electrons. The normalized spacial score (nSPS) is 11.1. The Morgan fingerprint density at radius 3 is 2.71 bits per heavy atom. The average molecular weight is 195 g/mol. The van der Waals surface area contributed by atoms with E-state index in [1.54, 1.807) is 18.2 Å². The summed E-state index contributed by atoms with van der Waals surface area (Å²) in [7, 11) is 1.30. The number of nitrogens with two attached hydrogens (primary N) is 1. The zero-order chi connectivity index (χ0) is 10.6. The highest BCUT2D eigenvalue weighted by molar-refractivity contribution is 5.96. The molecule has 0 bridgehead atoms. The van der Waals surface area contributed by atoms with Gasteiger partial charge in [-0.25, -0.2) is 4.79 Å². The van der Waals surface area contributed by atoms with E-state index in [9.17, 15) is 4.79 Å². The van der Waals surface area contributed by atoms with Crippen LogP contribution in [0.4, 0.5) is 0 Å². The van der Waals surface area contributed by atoms with Gasteiger partial charge in [0.1, 0.15) is 0 Å². The molecule has 5 nitrogen and oxygen atoms in total. The van der Waals surface area contributed by atoms with Gasteiger partial charge < -0.3 is 9.94 Å². The van der Waals surface area contributed by atoms with Crippen molar-refractivity contribution >= 4 is 11.8 Å². The maximum absolute atomic E-state index is 11.1. The van der Waals surface area contributed by atoms with Gasteiger partial charge in [0.2, 0.25) is 0 Å². The summed E-state index contributed by atoms with van der Waals surface area (Å²) in [6.07, 6.45) is 0. The third kappa shape index (κ3) is 2.01. The third-order valence-electron chi connectivity index (χ3n) is 1.72. The van der Waals surface area contributed by atoms with Crippen molar-refractivity contribution < 1.29 is 19.9 Å². The topological polar surface area (TPSA) is 86.5 Å². The van der Waals surface area contributed by atoms with Gasteiger partial charge >= 0.3 is 11.8 Å². The summed E-state index contributed by atoms with van der Waals surface area (Å²) in [6.45, 7) is 0. The number of benzene rings is 1. The Morgan fingerprint density at radius 2 is 2.14 bits per heavy atom. The first-order valence-electron chi connectivity index (χ1n) is 3.90. The molecule has 1 aromatic carbocycles. The Morgan fingerprint density at radius 1 is 1.50 bits per heavy atom. The number of hydrogen-bond donors (Lipinski definition) is 3. The van der Waals surface area contributed by atoms with E-state index in [1.807, 2.05) is 5.16 Å². The van der Waals surface area contributed by atoms with Gasteiger partial charge in [0.05, 0.1) is 18.2 Å². The van der Waals surface area contributed by atoms with Gasteiger partial charge in [-0.1, -0.05) is 11.2 Å². The molecule has 0 aromatic heterocycles. The Bertz CT molecular complexity index is 374. The molecular formula is C9H11N2O3+. The molecule has 1 aromatic rings. The molecule has 0 unspecified atom stereocenters. The lowest BCUT2D eigenvalue weighted by Gasteiger charge is -1.99. The van der Waals surface area contributed by atoms with Gasteiger partial charge in [0.25, 0.3) is 0 Å². The van der Waals surface area contributed by atoms with E-state index in [1.165, 1.54) is 13.2 Å². The molecule has 5 heteroatoms. The highest BCUT2D eigenvalue weighted by Gasteiger charge is 2.09. The van der Waals surface area contributed by atoms with E-state index < -0.39 is 5.97 Å². The van der Waals surface area contributed by atoms with Crippen LogP contribution in [-0.4, -0.2) is 24.1 Å². The first kappa shape index (κ1) is 10.0. The number of hydrogen-bond acceptors (Lipinski definition) is 3. The van der Waals surface area contributed by atoms with Crippen molar-refractivity contribution in [1.29, 1.82) is 0 Å². The molecule has 0 saturated heterocycles. The van der Waals surface area contributed by atoms with Crippen molar-refractivity contribution in [2.24, 2.45) is 5.73 Å². The van der Waals surface area contributed by atoms with Crippen LogP contribution in [0.5, 0.6) is 0 Å². The average Bonchev–Trinajstić information content (AvgIpc) is 2.27. The minimum absolute atomic E-state index is 0.0794. The van der Waals surface area contributed by atoms with Crippen LogP contribution in [0.2, 0.25) is 0 Å². The first-order valence-corrected chi connectivity index (χ1v) is 3.90. The Labute approximate surface area is 80.8 Å². The minimum atomic E-state index is -0.447. The Hall–Kier alpha value is -2.04. The molecule has 0 radical (unpaired) electrons. The molecule has 0 spiro atoms. The van der Waals surface area contributed by atoms with Crippen molar-refractivity contribution in [2.45, 2.75) is 0 Å². The number of nitrogens with one attached hydrogen (secondary N) is 1. The summed E-state index contributed by atoms with van der Waals surface area (Å²) in [6, 6.07) is 6.42. The lowest BCUT2D eigenvalue weighted by Crippen LogP contribution is -2.71. The lowest BCUT2D eigenvalue weighted by molar-refractivity contribution is -0.737. The van der Waals surface area contributed by atoms with Crippen LogP contribution in [0.3, 0.4) is 0 Å². The molecule has 0 aliphatic carbocycles. The molecule has 4 N–H and O–H groups in total. The fraction of sp³-hybridized carbons (Fsp3) is 0.111. The molecular weight excluding hydrogens is 184 g/mol. The quantitative estimate of drug-likeness (QED) is 0.179. The summed E-state index contributed by atoms with van der Waals surface area (Å²) < 4.78 is 4.53. The highest BCUT2D eigenvalue weighted by atomic mass is 16.5. The number of esters is 1. The molecule has 0 amide bonds. The monoisotopic (exact) mass is 195 g/mol. The molecule has 1 rings (SSSR count). The number of ether oxygens (including phenoxy) is 1. The number of methoxy groups -OCH3 is 1. The predicted octanol–water partition coefficient (Wildman–Crippen LogP) is -1.35. The molecule has 0 fully saturated rings. The van der Waals surface area contributed by atoms with Gasteiger partial charge in [-0.2, -0.15) is 0 Å².